The fourth-order valence-corrected chi connectivity index (χ4v) is 3.91. The third-order valence-corrected chi connectivity index (χ3v) is 4.50. The highest BCUT2D eigenvalue weighted by Crippen LogP contribution is 2.56. The van der Waals surface area contributed by atoms with E-state index in [1.165, 1.54) is 6.42 Å². The summed E-state index contributed by atoms with van der Waals surface area (Å²) in [7, 11) is 0. The van der Waals surface area contributed by atoms with E-state index in [0.717, 1.165) is 18.1 Å². The lowest BCUT2D eigenvalue weighted by Crippen LogP contribution is -2.33. The molecular weight excluding hydrogens is 186 g/mol. The first-order valence-electron chi connectivity index (χ1n) is 4.85. The fraction of sp³-hybridized carbons (Fsp3) is 0.700. The molecule has 0 unspecified atom stereocenters. The summed E-state index contributed by atoms with van der Waals surface area (Å²) < 4.78 is 0. The number of fused-ring (bicyclic) bond motifs is 5. The molecule has 0 radical (unpaired) electrons. The minimum Gasteiger partial charge on any atom is -0.411 e. The van der Waals surface area contributed by atoms with Gasteiger partial charge in [0.1, 0.15) is 0 Å². The third-order valence-electron chi connectivity index (χ3n) is 3.96. The lowest BCUT2D eigenvalue weighted by Gasteiger charge is -2.28. The Kier molecular flexibility index (Phi) is 1.51. The first kappa shape index (κ1) is 7.86. The molecule has 0 amide bonds. The van der Waals surface area contributed by atoms with E-state index in [-0.39, 0.29) is 5.38 Å². The van der Waals surface area contributed by atoms with Gasteiger partial charge in [0.25, 0.3) is 0 Å². The van der Waals surface area contributed by atoms with Crippen molar-refractivity contribution in [2.24, 2.45) is 28.8 Å². The van der Waals surface area contributed by atoms with Crippen molar-refractivity contribution in [1.82, 2.24) is 0 Å². The summed E-state index contributed by atoms with van der Waals surface area (Å²) >= 11 is 6.22. The number of nitrogens with zero attached hydrogens (tertiary/aromatic N) is 1. The number of oxime groups is 1. The number of hydrogen-bond acceptors (Lipinski definition) is 2. The van der Waals surface area contributed by atoms with Crippen molar-refractivity contribution in [3.8, 4) is 0 Å². The maximum atomic E-state index is 8.86. The molecule has 1 N–H and O–H groups in total. The van der Waals surface area contributed by atoms with Crippen LogP contribution in [0.1, 0.15) is 12.8 Å². The Morgan fingerprint density at radius 1 is 1.46 bits per heavy atom. The lowest BCUT2D eigenvalue weighted by molar-refractivity contribution is 0.301. The molecule has 5 atom stereocenters. The summed E-state index contributed by atoms with van der Waals surface area (Å²) in [5.41, 5.74) is 0.833. The number of alkyl halides is 1. The Labute approximate surface area is 82.3 Å². The van der Waals surface area contributed by atoms with Gasteiger partial charge in [0.2, 0.25) is 0 Å². The molecule has 2 saturated carbocycles. The average molecular weight is 198 g/mol. The summed E-state index contributed by atoms with van der Waals surface area (Å²) in [5.74, 6) is 2.34. The van der Waals surface area contributed by atoms with Crippen LogP contribution in [0.5, 0.6) is 0 Å². The van der Waals surface area contributed by atoms with E-state index in [1.54, 1.807) is 0 Å². The third kappa shape index (κ3) is 0.824. The maximum Gasteiger partial charge on any atom is 0.0788 e. The van der Waals surface area contributed by atoms with Crippen LogP contribution in [0.4, 0.5) is 0 Å². The molecular formula is C10H12ClNO. The van der Waals surface area contributed by atoms with Gasteiger partial charge in [-0.15, -0.1) is 11.6 Å². The minimum atomic E-state index is -0.00356. The summed E-state index contributed by atoms with van der Waals surface area (Å²) in [6.07, 6.45) is 6.84. The van der Waals surface area contributed by atoms with E-state index in [0.29, 0.717) is 17.8 Å². The highest BCUT2D eigenvalue weighted by Gasteiger charge is 2.56. The highest BCUT2D eigenvalue weighted by atomic mass is 35.5. The predicted molar refractivity (Wildman–Crippen MR) is 51.2 cm³/mol. The largest absolute Gasteiger partial charge is 0.411 e. The number of hydrogen-bond donors (Lipinski definition) is 1. The van der Waals surface area contributed by atoms with Crippen molar-refractivity contribution >= 4 is 17.3 Å². The van der Waals surface area contributed by atoms with Crippen LogP contribution in [-0.2, 0) is 0 Å². The smallest absolute Gasteiger partial charge is 0.0788 e. The zero-order chi connectivity index (χ0) is 9.00. The van der Waals surface area contributed by atoms with Crippen molar-refractivity contribution in [3.63, 3.8) is 0 Å². The van der Waals surface area contributed by atoms with Gasteiger partial charge in [-0.25, -0.2) is 0 Å². The molecule has 3 aliphatic rings. The SMILES string of the molecule is O/N=C1\[C@H]2C[C@@H]([C@@H]3CC=C[C@@H]32)[C@H]1Cl. The molecule has 2 nitrogen and oxygen atoms in total. The van der Waals surface area contributed by atoms with Gasteiger partial charge in [-0.05, 0) is 30.6 Å². The van der Waals surface area contributed by atoms with Gasteiger partial charge >= 0.3 is 0 Å². The zero-order valence-corrected chi connectivity index (χ0v) is 7.98. The first-order chi connectivity index (χ1) is 6.33. The van der Waals surface area contributed by atoms with Crippen LogP contribution in [0.3, 0.4) is 0 Å². The molecule has 3 heteroatoms. The second kappa shape index (κ2) is 2.50. The average Bonchev–Trinajstić information content (AvgIpc) is 2.71. The summed E-state index contributed by atoms with van der Waals surface area (Å²) in [6.45, 7) is 0. The molecule has 2 fully saturated rings. The van der Waals surface area contributed by atoms with Crippen molar-refractivity contribution in [3.05, 3.63) is 12.2 Å². The second-order valence-corrected chi connectivity index (χ2v) is 4.81. The van der Waals surface area contributed by atoms with Crippen LogP contribution in [0.2, 0.25) is 0 Å². The molecule has 13 heavy (non-hydrogen) atoms. The van der Waals surface area contributed by atoms with E-state index in [1.807, 2.05) is 0 Å². The van der Waals surface area contributed by atoms with Crippen molar-refractivity contribution in [2.75, 3.05) is 0 Å². The summed E-state index contributed by atoms with van der Waals surface area (Å²) in [4.78, 5) is 0. The first-order valence-corrected chi connectivity index (χ1v) is 5.29. The van der Waals surface area contributed by atoms with Crippen molar-refractivity contribution in [1.29, 1.82) is 0 Å². The molecule has 3 rings (SSSR count). The zero-order valence-electron chi connectivity index (χ0n) is 7.23. The van der Waals surface area contributed by atoms with Gasteiger partial charge in [0.15, 0.2) is 0 Å². The van der Waals surface area contributed by atoms with E-state index < -0.39 is 0 Å². The van der Waals surface area contributed by atoms with Crippen LogP contribution in [0.15, 0.2) is 17.3 Å². The van der Waals surface area contributed by atoms with Gasteiger partial charge in [-0.2, -0.15) is 0 Å². The highest BCUT2D eigenvalue weighted by molar-refractivity contribution is 6.33. The Balaban J connectivity index is 1.99. The second-order valence-electron chi connectivity index (χ2n) is 4.34. The Morgan fingerprint density at radius 2 is 2.31 bits per heavy atom. The van der Waals surface area contributed by atoms with Gasteiger partial charge in [-0.1, -0.05) is 17.3 Å². The van der Waals surface area contributed by atoms with Crippen LogP contribution in [0.25, 0.3) is 0 Å². The van der Waals surface area contributed by atoms with Crippen molar-refractivity contribution in [2.45, 2.75) is 18.2 Å². The van der Waals surface area contributed by atoms with Gasteiger partial charge in [-0.3, -0.25) is 0 Å². The Morgan fingerprint density at radius 3 is 3.08 bits per heavy atom. The van der Waals surface area contributed by atoms with Crippen molar-refractivity contribution < 1.29 is 5.21 Å². The molecule has 70 valence electrons. The molecule has 0 heterocycles. The summed E-state index contributed by atoms with van der Waals surface area (Å²) in [6, 6.07) is 0. The molecule has 0 saturated heterocycles. The predicted octanol–water partition coefficient (Wildman–Crippen LogP) is 2.27. The van der Waals surface area contributed by atoms with Gasteiger partial charge in [0, 0.05) is 5.92 Å². The van der Waals surface area contributed by atoms with E-state index >= 15 is 0 Å². The van der Waals surface area contributed by atoms with Crippen LogP contribution >= 0.6 is 11.6 Å². The van der Waals surface area contributed by atoms with E-state index in [4.69, 9.17) is 16.8 Å². The van der Waals surface area contributed by atoms with Crippen LogP contribution < -0.4 is 0 Å². The molecule has 0 aromatic rings. The number of halogens is 1. The quantitative estimate of drug-likeness (QED) is 0.275. The van der Waals surface area contributed by atoms with E-state index in [9.17, 15) is 0 Å². The maximum absolute atomic E-state index is 8.86. The fourth-order valence-electron chi connectivity index (χ4n) is 3.42. The van der Waals surface area contributed by atoms with Crippen LogP contribution in [-0.4, -0.2) is 16.3 Å². The molecule has 3 aliphatic carbocycles. The Bertz CT molecular complexity index is 299. The molecule has 0 spiro atoms. The summed E-state index contributed by atoms with van der Waals surface area (Å²) in [5, 5.41) is 12.2. The standard InChI is InChI=1S/C10H12ClNO/c11-9-7-4-8(10(9)12-13)6-3-1-2-5(6)7/h1,3,5-9,13H,2,4H2/b12-10+/t5-,6+,7+,8+,9-/m1/s1. The number of allylic oxidation sites excluding steroid dienone is 2. The van der Waals surface area contributed by atoms with E-state index in [2.05, 4.69) is 17.3 Å². The number of rotatable bonds is 0. The lowest BCUT2D eigenvalue weighted by atomic mass is 9.80. The normalized spacial score (nSPS) is 54.8. The monoisotopic (exact) mass is 197 g/mol. The molecule has 0 aromatic heterocycles. The van der Waals surface area contributed by atoms with Gasteiger partial charge in [0.05, 0.1) is 11.1 Å². The van der Waals surface area contributed by atoms with Crippen LogP contribution in [0, 0.1) is 23.7 Å². The Hall–Kier alpha value is -0.500. The minimum absolute atomic E-state index is 0.00356. The van der Waals surface area contributed by atoms with Gasteiger partial charge < -0.3 is 5.21 Å². The topological polar surface area (TPSA) is 32.6 Å². The molecule has 0 aromatic carbocycles. The molecule has 2 bridgehead atoms. The molecule has 0 aliphatic heterocycles.